The van der Waals surface area contributed by atoms with Gasteiger partial charge in [0.1, 0.15) is 0 Å². The standard InChI is InChI=1S/C17H17N2.Ir/c1-17(2)16(13-9-5-4-6-10-13)18-14-11-7-8-12-15(14)19(17)3;/h4-9,11-12H,1-3H3;/q-1;. The summed E-state index contributed by atoms with van der Waals surface area (Å²) in [7, 11) is 2.12. The van der Waals surface area contributed by atoms with Gasteiger partial charge in [0.15, 0.2) is 0 Å². The van der Waals surface area contributed by atoms with Crippen LogP contribution in [0.3, 0.4) is 0 Å². The molecular formula is C17H17IrN2-. The minimum absolute atomic E-state index is 0. The smallest absolute Gasteiger partial charge is 0.0754 e. The van der Waals surface area contributed by atoms with Crippen molar-refractivity contribution in [3.05, 3.63) is 60.2 Å². The molecule has 0 saturated heterocycles. The van der Waals surface area contributed by atoms with Gasteiger partial charge < -0.3 is 4.90 Å². The van der Waals surface area contributed by atoms with E-state index in [1.165, 1.54) is 5.69 Å². The van der Waals surface area contributed by atoms with Crippen LogP contribution in [0.15, 0.2) is 53.5 Å². The second kappa shape index (κ2) is 5.51. The fraction of sp³-hybridized carbons (Fsp3) is 0.235. The summed E-state index contributed by atoms with van der Waals surface area (Å²) in [5.41, 5.74) is 4.18. The van der Waals surface area contributed by atoms with Crippen molar-refractivity contribution >= 4 is 17.1 Å². The summed E-state index contributed by atoms with van der Waals surface area (Å²) in [6, 6.07) is 19.6. The third-order valence-corrected chi connectivity index (χ3v) is 3.86. The first-order valence-corrected chi connectivity index (χ1v) is 6.50. The van der Waals surface area contributed by atoms with Crippen LogP contribution in [-0.2, 0) is 20.1 Å². The maximum atomic E-state index is 4.86. The minimum Gasteiger partial charge on any atom is -0.370 e. The maximum absolute atomic E-state index is 4.86. The van der Waals surface area contributed by atoms with Crippen LogP contribution < -0.4 is 4.90 Å². The molecule has 0 unspecified atom stereocenters. The number of anilines is 1. The molecule has 3 rings (SSSR count). The second-order valence-corrected chi connectivity index (χ2v) is 5.34. The Morgan fingerprint density at radius 1 is 1.05 bits per heavy atom. The van der Waals surface area contributed by atoms with Crippen molar-refractivity contribution in [2.75, 3.05) is 11.9 Å². The van der Waals surface area contributed by atoms with Crippen LogP contribution in [0.25, 0.3) is 0 Å². The number of rotatable bonds is 1. The normalized spacial score (nSPS) is 15.9. The molecule has 2 nitrogen and oxygen atoms in total. The Labute approximate surface area is 133 Å². The number of fused-ring (bicyclic) bond motifs is 1. The zero-order valence-electron chi connectivity index (χ0n) is 11.8. The Bertz CT molecular complexity index is 632. The molecule has 0 fully saturated rings. The van der Waals surface area contributed by atoms with Crippen LogP contribution in [-0.4, -0.2) is 18.3 Å². The van der Waals surface area contributed by atoms with Crippen molar-refractivity contribution in [1.29, 1.82) is 0 Å². The Morgan fingerprint density at radius 2 is 1.75 bits per heavy atom. The zero-order chi connectivity index (χ0) is 13.5. The van der Waals surface area contributed by atoms with Crippen molar-refractivity contribution in [3.8, 4) is 0 Å². The van der Waals surface area contributed by atoms with Gasteiger partial charge in [0.05, 0.1) is 11.4 Å². The van der Waals surface area contributed by atoms with E-state index in [1.54, 1.807) is 0 Å². The van der Waals surface area contributed by atoms with Gasteiger partial charge in [-0.15, -0.1) is 35.9 Å². The first kappa shape index (κ1) is 15.0. The zero-order valence-corrected chi connectivity index (χ0v) is 14.2. The van der Waals surface area contributed by atoms with Gasteiger partial charge in [-0.3, -0.25) is 4.99 Å². The van der Waals surface area contributed by atoms with Crippen LogP contribution in [0.2, 0.25) is 0 Å². The first-order chi connectivity index (χ1) is 9.10. The molecule has 2 aromatic carbocycles. The molecule has 1 heterocycles. The second-order valence-electron chi connectivity index (χ2n) is 5.34. The molecule has 0 saturated carbocycles. The monoisotopic (exact) mass is 442 g/mol. The van der Waals surface area contributed by atoms with Gasteiger partial charge in [0, 0.05) is 32.7 Å². The van der Waals surface area contributed by atoms with E-state index in [2.05, 4.69) is 56.1 Å². The van der Waals surface area contributed by atoms with E-state index in [0.717, 1.165) is 17.0 Å². The molecule has 3 heteroatoms. The molecule has 0 spiro atoms. The summed E-state index contributed by atoms with van der Waals surface area (Å²) in [4.78, 5) is 7.15. The number of likely N-dealkylation sites (N-methyl/N-ethyl adjacent to an activating group) is 1. The van der Waals surface area contributed by atoms with E-state index in [1.807, 2.05) is 24.3 Å². The molecule has 0 atom stereocenters. The molecule has 0 aromatic heterocycles. The molecule has 1 aliphatic rings. The van der Waals surface area contributed by atoms with Gasteiger partial charge >= 0.3 is 0 Å². The summed E-state index contributed by atoms with van der Waals surface area (Å²) < 4.78 is 0. The van der Waals surface area contributed by atoms with Gasteiger partial charge in [-0.25, -0.2) is 0 Å². The third kappa shape index (κ3) is 2.32. The number of nitrogens with zero attached hydrogens (tertiary/aromatic N) is 2. The van der Waals surface area contributed by atoms with Gasteiger partial charge in [-0.05, 0) is 31.7 Å². The Balaban J connectivity index is 0.00000147. The van der Waals surface area contributed by atoms with E-state index >= 15 is 0 Å². The average Bonchev–Trinajstić information content (AvgIpc) is 2.44. The molecule has 0 bridgehead atoms. The number of benzene rings is 2. The van der Waals surface area contributed by atoms with E-state index in [-0.39, 0.29) is 25.6 Å². The number of hydrogen-bond acceptors (Lipinski definition) is 2. The Kier molecular flexibility index (Phi) is 4.12. The van der Waals surface area contributed by atoms with Crippen molar-refractivity contribution in [1.82, 2.24) is 0 Å². The largest absolute Gasteiger partial charge is 0.370 e. The summed E-state index contributed by atoms with van der Waals surface area (Å²) in [6.07, 6.45) is 0. The van der Waals surface area contributed by atoms with Gasteiger partial charge in [0.25, 0.3) is 0 Å². The Hall–Kier alpha value is -1.44. The van der Waals surface area contributed by atoms with Crippen molar-refractivity contribution < 1.29 is 20.1 Å². The predicted molar refractivity (Wildman–Crippen MR) is 80.4 cm³/mol. The fourth-order valence-electron chi connectivity index (χ4n) is 2.49. The Morgan fingerprint density at radius 3 is 2.45 bits per heavy atom. The average molecular weight is 442 g/mol. The number of aliphatic imine (C=N–C) groups is 1. The van der Waals surface area contributed by atoms with Crippen molar-refractivity contribution in [3.63, 3.8) is 0 Å². The number of hydrogen-bond donors (Lipinski definition) is 0. The molecule has 20 heavy (non-hydrogen) atoms. The summed E-state index contributed by atoms with van der Waals surface area (Å²) in [5.74, 6) is 0. The van der Waals surface area contributed by atoms with E-state index in [0.29, 0.717) is 0 Å². The summed E-state index contributed by atoms with van der Waals surface area (Å²) in [5, 5.41) is 0. The van der Waals surface area contributed by atoms with Crippen LogP contribution in [0, 0.1) is 6.07 Å². The van der Waals surface area contributed by atoms with Crippen LogP contribution >= 0.6 is 0 Å². The van der Waals surface area contributed by atoms with Crippen LogP contribution in [0.4, 0.5) is 11.4 Å². The minimum atomic E-state index is -0.147. The van der Waals surface area contributed by atoms with Gasteiger partial charge in [0.2, 0.25) is 0 Å². The molecule has 0 aliphatic carbocycles. The summed E-state index contributed by atoms with van der Waals surface area (Å²) in [6.45, 7) is 4.39. The van der Waals surface area contributed by atoms with Gasteiger partial charge in [-0.2, -0.15) is 0 Å². The van der Waals surface area contributed by atoms with Crippen LogP contribution in [0.5, 0.6) is 0 Å². The molecule has 2 aromatic rings. The molecule has 0 N–H and O–H groups in total. The van der Waals surface area contributed by atoms with E-state index in [9.17, 15) is 0 Å². The fourth-order valence-corrected chi connectivity index (χ4v) is 2.49. The number of para-hydroxylation sites is 2. The van der Waals surface area contributed by atoms with Crippen LogP contribution in [0.1, 0.15) is 19.4 Å². The maximum Gasteiger partial charge on any atom is 0.0754 e. The first-order valence-electron chi connectivity index (χ1n) is 6.50. The molecule has 105 valence electrons. The SMILES string of the molecule is CN1c2ccccc2N=C(c2[c-]cccc2)C1(C)C.[Ir]. The van der Waals surface area contributed by atoms with Crippen molar-refractivity contribution in [2.24, 2.45) is 4.99 Å². The molecule has 1 radical (unpaired) electrons. The van der Waals surface area contributed by atoms with Gasteiger partial charge in [-0.1, -0.05) is 12.1 Å². The quantitative estimate of drug-likeness (QED) is 0.614. The third-order valence-electron chi connectivity index (χ3n) is 3.86. The van der Waals surface area contributed by atoms with Crippen molar-refractivity contribution in [2.45, 2.75) is 19.4 Å². The molecule has 0 amide bonds. The predicted octanol–water partition coefficient (Wildman–Crippen LogP) is 3.83. The topological polar surface area (TPSA) is 15.6 Å². The van der Waals surface area contributed by atoms with E-state index in [4.69, 9.17) is 4.99 Å². The summed E-state index contributed by atoms with van der Waals surface area (Å²) >= 11 is 0. The molecular weight excluding hydrogens is 424 g/mol. The van der Waals surface area contributed by atoms with E-state index < -0.39 is 0 Å². The molecule has 1 aliphatic heterocycles.